The van der Waals surface area contributed by atoms with Crippen LogP contribution < -0.4 is 20.5 Å². The number of nitrogen functional groups attached to an aromatic ring is 1. The number of ether oxygens (including phenoxy) is 2. The SMILES string of the molecule is COc1ccc(Cn2cnc3nc(Nc4ccc(N)cc4)nc(Oc4ccc(-c5ccncc5)cc4Cl)c32)cc1. The molecule has 0 aliphatic rings. The summed E-state index contributed by atoms with van der Waals surface area (Å²) >= 11 is 6.69. The maximum atomic E-state index is 6.69. The van der Waals surface area contributed by atoms with Crippen molar-refractivity contribution in [1.29, 1.82) is 0 Å². The minimum absolute atomic E-state index is 0.313. The van der Waals surface area contributed by atoms with E-state index in [-0.39, 0.29) is 0 Å². The van der Waals surface area contributed by atoms with Gasteiger partial charge in [0.25, 0.3) is 5.88 Å². The molecular formula is C30H24ClN7O2. The van der Waals surface area contributed by atoms with Crippen LogP contribution in [0.4, 0.5) is 17.3 Å². The Morgan fingerprint density at radius 2 is 1.68 bits per heavy atom. The zero-order chi connectivity index (χ0) is 27.5. The van der Waals surface area contributed by atoms with Crippen molar-refractivity contribution in [2.24, 2.45) is 0 Å². The van der Waals surface area contributed by atoms with Gasteiger partial charge in [-0.05, 0) is 77.4 Å². The van der Waals surface area contributed by atoms with Gasteiger partial charge in [-0.3, -0.25) is 4.98 Å². The van der Waals surface area contributed by atoms with E-state index in [4.69, 9.17) is 31.8 Å². The lowest BCUT2D eigenvalue weighted by atomic mass is 10.1. The molecular weight excluding hydrogens is 526 g/mol. The number of aromatic nitrogens is 5. The predicted octanol–water partition coefficient (Wildman–Crippen LogP) is 6.72. The Kier molecular flexibility index (Phi) is 6.86. The van der Waals surface area contributed by atoms with Crippen LogP contribution in [0, 0.1) is 0 Å². The first-order chi connectivity index (χ1) is 19.6. The monoisotopic (exact) mass is 549 g/mol. The van der Waals surface area contributed by atoms with Crippen LogP contribution in [0.3, 0.4) is 0 Å². The Morgan fingerprint density at radius 1 is 0.900 bits per heavy atom. The second-order valence-electron chi connectivity index (χ2n) is 8.98. The van der Waals surface area contributed by atoms with Crippen molar-refractivity contribution >= 4 is 40.1 Å². The first-order valence-corrected chi connectivity index (χ1v) is 12.8. The van der Waals surface area contributed by atoms with Crippen LogP contribution in [0.5, 0.6) is 17.4 Å². The van der Waals surface area contributed by atoms with Gasteiger partial charge in [-0.25, -0.2) is 4.98 Å². The summed E-state index contributed by atoms with van der Waals surface area (Å²) in [5.74, 6) is 1.88. The highest BCUT2D eigenvalue weighted by Gasteiger charge is 2.18. The molecule has 9 nitrogen and oxygen atoms in total. The summed E-state index contributed by atoms with van der Waals surface area (Å²) in [6.07, 6.45) is 5.20. The third-order valence-corrected chi connectivity index (χ3v) is 6.57. The molecule has 3 aromatic carbocycles. The van der Waals surface area contributed by atoms with Crippen molar-refractivity contribution in [3.8, 4) is 28.5 Å². The summed E-state index contributed by atoms with van der Waals surface area (Å²) in [6.45, 7) is 0.527. The molecule has 6 aromatic rings. The molecule has 10 heteroatoms. The Morgan fingerprint density at radius 3 is 2.40 bits per heavy atom. The van der Waals surface area contributed by atoms with Gasteiger partial charge >= 0.3 is 0 Å². The van der Waals surface area contributed by atoms with Crippen LogP contribution >= 0.6 is 11.6 Å². The van der Waals surface area contributed by atoms with Crippen molar-refractivity contribution in [3.63, 3.8) is 0 Å². The van der Waals surface area contributed by atoms with Gasteiger partial charge in [0.05, 0.1) is 18.5 Å². The van der Waals surface area contributed by atoms with Crippen LogP contribution in [0.2, 0.25) is 5.02 Å². The first-order valence-electron chi connectivity index (χ1n) is 12.4. The van der Waals surface area contributed by atoms with E-state index in [0.29, 0.717) is 46.0 Å². The first kappa shape index (κ1) is 25.1. The number of nitrogens with one attached hydrogen (secondary N) is 1. The summed E-state index contributed by atoms with van der Waals surface area (Å²) in [5.41, 5.74) is 11.4. The molecule has 3 aromatic heterocycles. The van der Waals surface area contributed by atoms with Crippen molar-refractivity contribution in [2.75, 3.05) is 18.2 Å². The number of fused-ring (bicyclic) bond motifs is 1. The molecule has 198 valence electrons. The Bertz CT molecular complexity index is 1770. The number of halogens is 1. The Balaban J connectivity index is 1.39. The highest BCUT2D eigenvalue weighted by molar-refractivity contribution is 6.32. The number of pyridine rings is 1. The van der Waals surface area contributed by atoms with E-state index in [0.717, 1.165) is 28.1 Å². The molecule has 3 heterocycles. The number of rotatable bonds is 8. The number of hydrogen-bond donors (Lipinski definition) is 2. The van der Waals surface area contributed by atoms with E-state index in [1.54, 1.807) is 38.0 Å². The van der Waals surface area contributed by atoms with E-state index in [2.05, 4.69) is 20.3 Å². The fraction of sp³-hybridized carbons (Fsp3) is 0.0667. The zero-order valence-electron chi connectivity index (χ0n) is 21.5. The second-order valence-corrected chi connectivity index (χ2v) is 9.38. The van der Waals surface area contributed by atoms with E-state index in [1.807, 2.05) is 71.3 Å². The van der Waals surface area contributed by atoms with Gasteiger partial charge in [0.15, 0.2) is 11.2 Å². The molecule has 3 N–H and O–H groups in total. The Hall–Kier alpha value is -5.15. The molecule has 6 rings (SSSR count). The lowest BCUT2D eigenvalue weighted by Crippen LogP contribution is -2.04. The summed E-state index contributed by atoms with van der Waals surface area (Å²) < 4.78 is 13.6. The lowest BCUT2D eigenvalue weighted by Gasteiger charge is -2.13. The predicted molar refractivity (Wildman–Crippen MR) is 156 cm³/mol. The maximum Gasteiger partial charge on any atom is 0.250 e. The second kappa shape index (κ2) is 10.9. The fourth-order valence-electron chi connectivity index (χ4n) is 4.23. The number of benzene rings is 3. The number of hydrogen-bond acceptors (Lipinski definition) is 8. The minimum atomic E-state index is 0.313. The van der Waals surface area contributed by atoms with Crippen molar-refractivity contribution < 1.29 is 9.47 Å². The van der Waals surface area contributed by atoms with Gasteiger partial charge in [0.1, 0.15) is 11.5 Å². The van der Waals surface area contributed by atoms with E-state index in [9.17, 15) is 0 Å². The summed E-state index contributed by atoms with van der Waals surface area (Å²) in [4.78, 5) is 18.0. The summed E-state index contributed by atoms with van der Waals surface area (Å²) in [5, 5.41) is 3.65. The highest BCUT2D eigenvalue weighted by Crippen LogP contribution is 2.36. The van der Waals surface area contributed by atoms with Crippen LogP contribution in [-0.4, -0.2) is 31.6 Å². The number of nitrogens with two attached hydrogens (primary N) is 1. The van der Waals surface area contributed by atoms with Crippen LogP contribution in [0.15, 0.2) is 97.6 Å². The molecule has 0 radical (unpaired) electrons. The van der Waals surface area contributed by atoms with Gasteiger partial charge in [0.2, 0.25) is 5.95 Å². The molecule has 0 saturated carbocycles. The van der Waals surface area contributed by atoms with Gasteiger partial charge in [-0.1, -0.05) is 29.8 Å². The normalized spacial score (nSPS) is 10.9. The third kappa shape index (κ3) is 5.36. The van der Waals surface area contributed by atoms with Crippen molar-refractivity contribution in [1.82, 2.24) is 24.5 Å². The van der Waals surface area contributed by atoms with Crippen LogP contribution in [0.1, 0.15) is 5.56 Å². The smallest absolute Gasteiger partial charge is 0.250 e. The minimum Gasteiger partial charge on any atom is -0.497 e. The van der Waals surface area contributed by atoms with Gasteiger partial charge in [0, 0.05) is 30.3 Å². The Labute approximate surface area is 235 Å². The topological polar surface area (TPSA) is 113 Å². The maximum absolute atomic E-state index is 6.69. The van der Waals surface area contributed by atoms with Crippen molar-refractivity contribution in [3.05, 3.63) is 108 Å². The molecule has 0 unspecified atom stereocenters. The zero-order valence-corrected chi connectivity index (χ0v) is 22.2. The quantitative estimate of drug-likeness (QED) is 0.201. The van der Waals surface area contributed by atoms with E-state index >= 15 is 0 Å². The number of imidazole rings is 1. The van der Waals surface area contributed by atoms with Gasteiger partial charge in [-0.15, -0.1) is 0 Å². The van der Waals surface area contributed by atoms with Gasteiger partial charge < -0.3 is 25.1 Å². The molecule has 40 heavy (non-hydrogen) atoms. The largest absolute Gasteiger partial charge is 0.497 e. The molecule has 0 atom stereocenters. The fourth-order valence-corrected chi connectivity index (χ4v) is 4.45. The van der Waals surface area contributed by atoms with Gasteiger partial charge in [-0.2, -0.15) is 9.97 Å². The lowest BCUT2D eigenvalue weighted by molar-refractivity contribution is 0.414. The summed E-state index contributed by atoms with van der Waals surface area (Å²) in [7, 11) is 1.64. The van der Waals surface area contributed by atoms with Crippen molar-refractivity contribution in [2.45, 2.75) is 6.54 Å². The van der Waals surface area contributed by atoms with E-state index in [1.165, 1.54) is 0 Å². The molecule has 0 aliphatic carbocycles. The van der Waals surface area contributed by atoms with Crippen LogP contribution in [0.25, 0.3) is 22.3 Å². The highest BCUT2D eigenvalue weighted by atomic mass is 35.5. The standard InChI is InChI=1S/C30H24ClN7O2/c1-39-24-9-2-19(3-10-24)17-38-18-34-28-27(38)29(37-30(36-28)35-23-7-5-22(32)6-8-23)40-26-11-4-21(16-25(26)31)20-12-14-33-15-13-20/h2-16,18H,17,32H2,1H3,(H,35,36,37). The number of anilines is 3. The molecule has 0 bridgehead atoms. The average Bonchev–Trinajstić information content (AvgIpc) is 3.38. The molecule has 0 fully saturated rings. The number of methoxy groups -OCH3 is 1. The third-order valence-electron chi connectivity index (χ3n) is 6.27. The summed E-state index contributed by atoms with van der Waals surface area (Å²) in [6, 6.07) is 24.6. The molecule has 0 saturated heterocycles. The molecule has 0 aliphatic heterocycles. The average molecular weight is 550 g/mol. The molecule has 0 spiro atoms. The molecule has 0 amide bonds. The van der Waals surface area contributed by atoms with Crippen LogP contribution in [-0.2, 0) is 6.54 Å². The number of nitrogens with zero attached hydrogens (tertiary/aromatic N) is 5. The van der Waals surface area contributed by atoms with E-state index < -0.39 is 0 Å².